The predicted molar refractivity (Wildman–Crippen MR) is 77.4 cm³/mol. The lowest BCUT2D eigenvalue weighted by atomic mass is 9.92. The molecule has 2 aliphatic rings. The van der Waals surface area contributed by atoms with E-state index < -0.39 is 6.10 Å². The zero-order valence-electron chi connectivity index (χ0n) is 13.1. The van der Waals surface area contributed by atoms with Gasteiger partial charge in [0.05, 0.1) is 31.1 Å². The molecule has 0 spiro atoms. The number of hydrogen-bond donors (Lipinski definition) is 0. The number of carbonyl (C=O) groups excluding carboxylic acids is 2. The molecule has 1 aromatic heterocycles. The summed E-state index contributed by atoms with van der Waals surface area (Å²) in [5, 5.41) is 0. The smallest absolute Gasteiger partial charge is 0.335 e. The minimum Gasteiger partial charge on any atom is -0.469 e. The van der Waals surface area contributed by atoms with Gasteiger partial charge in [-0.1, -0.05) is 0 Å². The van der Waals surface area contributed by atoms with Gasteiger partial charge in [-0.3, -0.25) is 4.79 Å². The SMILES string of the molecule is COC(=O)[C@@H]1C[C@@H]2[C@@H](CC[C@@H](C)N2C(=O)c2ccoc2C)O1. The van der Waals surface area contributed by atoms with Crippen LogP contribution in [0.25, 0.3) is 0 Å². The highest BCUT2D eigenvalue weighted by atomic mass is 16.6. The number of amides is 1. The Morgan fingerprint density at radius 1 is 1.36 bits per heavy atom. The van der Waals surface area contributed by atoms with Gasteiger partial charge in [0, 0.05) is 12.5 Å². The van der Waals surface area contributed by atoms with E-state index in [4.69, 9.17) is 13.9 Å². The van der Waals surface area contributed by atoms with Crippen molar-refractivity contribution in [2.75, 3.05) is 7.11 Å². The molecule has 0 aliphatic carbocycles. The molecule has 2 aliphatic heterocycles. The highest BCUT2D eigenvalue weighted by molar-refractivity contribution is 5.95. The molecule has 6 nitrogen and oxygen atoms in total. The van der Waals surface area contributed by atoms with Crippen LogP contribution in [0.15, 0.2) is 16.7 Å². The van der Waals surface area contributed by atoms with Crippen LogP contribution in [-0.2, 0) is 14.3 Å². The molecule has 0 saturated carbocycles. The van der Waals surface area contributed by atoms with E-state index in [0.29, 0.717) is 17.7 Å². The van der Waals surface area contributed by atoms with Crippen molar-refractivity contribution >= 4 is 11.9 Å². The van der Waals surface area contributed by atoms with Gasteiger partial charge in [0.2, 0.25) is 0 Å². The summed E-state index contributed by atoms with van der Waals surface area (Å²) in [5.74, 6) is 0.194. The van der Waals surface area contributed by atoms with Crippen molar-refractivity contribution in [3.8, 4) is 0 Å². The number of rotatable bonds is 2. The van der Waals surface area contributed by atoms with Gasteiger partial charge < -0.3 is 18.8 Å². The zero-order valence-corrected chi connectivity index (χ0v) is 13.1. The van der Waals surface area contributed by atoms with Crippen LogP contribution in [0.3, 0.4) is 0 Å². The Balaban J connectivity index is 1.84. The van der Waals surface area contributed by atoms with Crippen LogP contribution in [0, 0.1) is 6.92 Å². The van der Waals surface area contributed by atoms with Crippen LogP contribution in [0.4, 0.5) is 0 Å². The van der Waals surface area contributed by atoms with Crippen LogP contribution in [-0.4, -0.2) is 48.2 Å². The fourth-order valence-corrected chi connectivity index (χ4v) is 3.53. The van der Waals surface area contributed by atoms with Crippen LogP contribution >= 0.6 is 0 Å². The molecule has 0 unspecified atom stereocenters. The maximum Gasteiger partial charge on any atom is 0.335 e. The molecule has 3 rings (SSSR count). The fraction of sp³-hybridized carbons (Fsp3) is 0.625. The second-order valence-corrected chi connectivity index (χ2v) is 6.02. The highest BCUT2D eigenvalue weighted by Crippen LogP contribution is 2.36. The van der Waals surface area contributed by atoms with Gasteiger partial charge in [0.25, 0.3) is 5.91 Å². The second-order valence-electron chi connectivity index (χ2n) is 6.02. The number of aryl methyl sites for hydroxylation is 1. The van der Waals surface area contributed by atoms with Crippen molar-refractivity contribution in [3.63, 3.8) is 0 Å². The Hall–Kier alpha value is -1.82. The maximum atomic E-state index is 12.9. The zero-order chi connectivity index (χ0) is 15.9. The van der Waals surface area contributed by atoms with Crippen molar-refractivity contribution in [1.82, 2.24) is 4.90 Å². The number of piperidine rings is 1. The molecule has 4 atom stereocenters. The van der Waals surface area contributed by atoms with E-state index in [1.54, 1.807) is 13.0 Å². The van der Waals surface area contributed by atoms with E-state index in [2.05, 4.69) is 0 Å². The topological polar surface area (TPSA) is 69.0 Å². The third kappa shape index (κ3) is 2.41. The van der Waals surface area contributed by atoms with Crippen molar-refractivity contribution < 1.29 is 23.5 Å². The second kappa shape index (κ2) is 5.76. The molecule has 1 aromatic rings. The first-order valence-corrected chi connectivity index (χ1v) is 7.63. The average Bonchev–Trinajstić information content (AvgIpc) is 3.11. The maximum absolute atomic E-state index is 12.9. The molecule has 0 aromatic carbocycles. The van der Waals surface area contributed by atoms with E-state index in [1.165, 1.54) is 13.4 Å². The molecule has 2 fully saturated rings. The molecule has 120 valence electrons. The predicted octanol–water partition coefficient (Wildman–Crippen LogP) is 1.91. The van der Waals surface area contributed by atoms with Gasteiger partial charge >= 0.3 is 5.97 Å². The fourth-order valence-electron chi connectivity index (χ4n) is 3.53. The summed E-state index contributed by atoms with van der Waals surface area (Å²) in [4.78, 5) is 26.5. The van der Waals surface area contributed by atoms with Crippen LogP contribution in [0.2, 0.25) is 0 Å². The summed E-state index contributed by atoms with van der Waals surface area (Å²) >= 11 is 0. The number of esters is 1. The van der Waals surface area contributed by atoms with Gasteiger partial charge in [-0.15, -0.1) is 0 Å². The minimum atomic E-state index is -0.578. The summed E-state index contributed by atoms with van der Waals surface area (Å²) < 4.78 is 15.8. The van der Waals surface area contributed by atoms with E-state index >= 15 is 0 Å². The van der Waals surface area contributed by atoms with Crippen LogP contribution in [0.5, 0.6) is 0 Å². The first-order valence-electron chi connectivity index (χ1n) is 7.63. The molecule has 22 heavy (non-hydrogen) atoms. The quantitative estimate of drug-likeness (QED) is 0.781. The minimum absolute atomic E-state index is 0.0532. The number of methoxy groups -OCH3 is 1. The molecule has 0 radical (unpaired) electrons. The molecule has 2 saturated heterocycles. The lowest BCUT2D eigenvalue weighted by Crippen LogP contribution is -2.53. The number of ether oxygens (including phenoxy) is 2. The van der Waals surface area contributed by atoms with E-state index in [9.17, 15) is 9.59 Å². The largest absolute Gasteiger partial charge is 0.469 e. The number of likely N-dealkylation sites (tertiary alicyclic amines) is 1. The van der Waals surface area contributed by atoms with E-state index in [1.807, 2.05) is 11.8 Å². The molecule has 1 amide bonds. The average molecular weight is 307 g/mol. The van der Waals surface area contributed by atoms with Crippen molar-refractivity contribution in [2.24, 2.45) is 0 Å². The molecular formula is C16H21NO5. The first-order chi connectivity index (χ1) is 10.5. The normalized spacial score (nSPS) is 31.0. The number of furan rings is 1. The van der Waals surface area contributed by atoms with Gasteiger partial charge in [0.15, 0.2) is 6.10 Å². The summed E-state index contributed by atoms with van der Waals surface area (Å²) in [7, 11) is 1.36. The monoisotopic (exact) mass is 307 g/mol. The van der Waals surface area contributed by atoms with Crippen LogP contribution in [0.1, 0.15) is 42.3 Å². The lowest BCUT2D eigenvalue weighted by molar-refractivity contribution is -0.153. The van der Waals surface area contributed by atoms with Gasteiger partial charge in [-0.05, 0) is 32.8 Å². The summed E-state index contributed by atoms with van der Waals surface area (Å²) in [6.07, 6.45) is 3.05. The molecule has 3 heterocycles. The van der Waals surface area contributed by atoms with Gasteiger partial charge in [0.1, 0.15) is 5.76 Å². The van der Waals surface area contributed by atoms with E-state index in [0.717, 1.165) is 12.8 Å². The Morgan fingerprint density at radius 3 is 2.77 bits per heavy atom. The molecule has 0 bridgehead atoms. The van der Waals surface area contributed by atoms with Crippen molar-refractivity contribution in [1.29, 1.82) is 0 Å². The van der Waals surface area contributed by atoms with E-state index in [-0.39, 0.29) is 30.1 Å². The number of fused-ring (bicyclic) bond motifs is 1. The Morgan fingerprint density at radius 2 is 2.14 bits per heavy atom. The van der Waals surface area contributed by atoms with Crippen LogP contribution < -0.4 is 0 Å². The summed E-state index contributed by atoms with van der Waals surface area (Å²) in [5.41, 5.74) is 0.578. The summed E-state index contributed by atoms with van der Waals surface area (Å²) in [6.45, 7) is 3.82. The standard InChI is InChI=1S/C16H21NO5/c1-9-4-5-13-12(8-14(22-13)16(19)20-3)17(9)15(18)11-6-7-21-10(11)2/h6-7,9,12-14H,4-5,8H2,1-3H3/t9-,12-,13-,14+/m1/s1. The molecule has 0 N–H and O–H groups in total. The van der Waals surface area contributed by atoms with Crippen molar-refractivity contribution in [2.45, 2.75) is 57.4 Å². The highest BCUT2D eigenvalue weighted by Gasteiger charge is 2.48. The lowest BCUT2D eigenvalue weighted by Gasteiger charge is -2.41. The first kappa shape index (κ1) is 15.1. The Bertz CT molecular complexity index is 581. The van der Waals surface area contributed by atoms with Crippen molar-refractivity contribution in [3.05, 3.63) is 23.7 Å². The third-order valence-electron chi connectivity index (χ3n) is 4.71. The molecule has 6 heteroatoms. The number of hydrogen-bond acceptors (Lipinski definition) is 5. The van der Waals surface area contributed by atoms with Gasteiger partial charge in [-0.25, -0.2) is 4.79 Å². The summed E-state index contributed by atoms with van der Waals surface area (Å²) in [6, 6.07) is 1.72. The van der Waals surface area contributed by atoms with Gasteiger partial charge in [-0.2, -0.15) is 0 Å². The third-order valence-corrected chi connectivity index (χ3v) is 4.71. The Labute approximate surface area is 129 Å². The Kier molecular flexibility index (Phi) is 3.95. The number of nitrogens with zero attached hydrogens (tertiary/aromatic N) is 1. The number of carbonyl (C=O) groups is 2. The molecular weight excluding hydrogens is 286 g/mol.